The molecule has 90 valence electrons. The minimum absolute atomic E-state index is 0.584. The zero-order chi connectivity index (χ0) is 12.0. The van der Waals surface area contributed by atoms with E-state index in [1.807, 2.05) is 6.07 Å². The molecule has 0 spiro atoms. The molecule has 0 fully saturated rings. The summed E-state index contributed by atoms with van der Waals surface area (Å²) in [5.74, 6) is 1.58. The Morgan fingerprint density at radius 3 is 2.25 bits per heavy atom. The molecule has 0 aromatic heterocycles. The summed E-state index contributed by atoms with van der Waals surface area (Å²) in [6.45, 7) is 10.5. The summed E-state index contributed by atoms with van der Waals surface area (Å²) in [5, 5.41) is 0. The second-order valence-corrected chi connectivity index (χ2v) is 4.54. The van der Waals surface area contributed by atoms with Crippen LogP contribution in [0.1, 0.15) is 25.0 Å². The van der Waals surface area contributed by atoms with Crippen LogP contribution in [0, 0.1) is 19.8 Å². The van der Waals surface area contributed by atoms with Crippen LogP contribution in [0.4, 0.5) is 0 Å². The van der Waals surface area contributed by atoms with Gasteiger partial charge in [0.25, 0.3) is 0 Å². The van der Waals surface area contributed by atoms with E-state index in [9.17, 15) is 0 Å². The van der Waals surface area contributed by atoms with E-state index in [2.05, 4.69) is 39.8 Å². The number of aryl methyl sites for hydroxylation is 2. The Hall–Kier alpha value is -1.02. The SMILES string of the molecule is Cc1cccc(C)c1OCCOCC(C)C. The van der Waals surface area contributed by atoms with E-state index in [-0.39, 0.29) is 0 Å². The van der Waals surface area contributed by atoms with Gasteiger partial charge in [-0.05, 0) is 30.9 Å². The molecule has 0 unspecified atom stereocenters. The molecule has 0 saturated heterocycles. The fourth-order valence-electron chi connectivity index (χ4n) is 1.55. The predicted octanol–water partition coefficient (Wildman–Crippen LogP) is 3.35. The lowest BCUT2D eigenvalue weighted by Gasteiger charge is -2.12. The van der Waals surface area contributed by atoms with Gasteiger partial charge in [0, 0.05) is 6.61 Å². The highest BCUT2D eigenvalue weighted by Crippen LogP contribution is 2.21. The van der Waals surface area contributed by atoms with E-state index in [4.69, 9.17) is 9.47 Å². The fourth-order valence-corrected chi connectivity index (χ4v) is 1.55. The largest absolute Gasteiger partial charge is 0.491 e. The highest BCUT2D eigenvalue weighted by Gasteiger charge is 2.02. The van der Waals surface area contributed by atoms with Gasteiger partial charge in [-0.2, -0.15) is 0 Å². The molecule has 0 aliphatic heterocycles. The maximum Gasteiger partial charge on any atom is 0.125 e. The first kappa shape index (κ1) is 13.0. The van der Waals surface area contributed by atoms with Gasteiger partial charge in [-0.15, -0.1) is 0 Å². The minimum atomic E-state index is 0.584. The van der Waals surface area contributed by atoms with E-state index >= 15 is 0 Å². The average molecular weight is 222 g/mol. The normalized spacial score (nSPS) is 10.8. The van der Waals surface area contributed by atoms with Crippen molar-refractivity contribution in [3.05, 3.63) is 29.3 Å². The van der Waals surface area contributed by atoms with Crippen LogP contribution in [0.2, 0.25) is 0 Å². The molecular weight excluding hydrogens is 200 g/mol. The van der Waals surface area contributed by atoms with Gasteiger partial charge in [-0.25, -0.2) is 0 Å². The zero-order valence-electron chi connectivity index (χ0n) is 10.7. The second-order valence-electron chi connectivity index (χ2n) is 4.54. The van der Waals surface area contributed by atoms with Gasteiger partial charge < -0.3 is 9.47 Å². The monoisotopic (exact) mass is 222 g/mol. The Balaban J connectivity index is 2.32. The Morgan fingerprint density at radius 1 is 1.06 bits per heavy atom. The third-order valence-corrected chi connectivity index (χ3v) is 2.33. The molecular formula is C14H22O2. The molecule has 1 aromatic carbocycles. The van der Waals surface area contributed by atoms with E-state index in [1.54, 1.807) is 0 Å². The molecule has 0 aliphatic rings. The summed E-state index contributed by atoms with van der Waals surface area (Å²) in [4.78, 5) is 0. The Morgan fingerprint density at radius 2 is 1.69 bits per heavy atom. The molecule has 2 nitrogen and oxygen atoms in total. The average Bonchev–Trinajstić information content (AvgIpc) is 2.21. The lowest BCUT2D eigenvalue weighted by atomic mass is 10.1. The molecule has 0 saturated carbocycles. The topological polar surface area (TPSA) is 18.5 Å². The van der Waals surface area contributed by atoms with Gasteiger partial charge in [-0.3, -0.25) is 0 Å². The molecule has 0 radical (unpaired) electrons. The smallest absolute Gasteiger partial charge is 0.125 e. The molecule has 16 heavy (non-hydrogen) atoms. The van der Waals surface area contributed by atoms with Crippen molar-refractivity contribution in [1.29, 1.82) is 0 Å². The first-order chi connectivity index (χ1) is 7.61. The van der Waals surface area contributed by atoms with Gasteiger partial charge in [0.1, 0.15) is 12.4 Å². The summed E-state index contributed by atoms with van der Waals surface area (Å²) in [6.07, 6.45) is 0. The van der Waals surface area contributed by atoms with Crippen LogP contribution in [0.3, 0.4) is 0 Å². The van der Waals surface area contributed by atoms with Crippen molar-refractivity contribution < 1.29 is 9.47 Å². The van der Waals surface area contributed by atoms with Gasteiger partial charge in [0.2, 0.25) is 0 Å². The fraction of sp³-hybridized carbons (Fsp3) is 0.571. The van der Waals surface area contributed by atoms with Crippen molar-refractivity contribution in [3.63, 3.8) is 0 Å². The van der Waals surface area contributed by atoms with Crippen molar-refractivity contribution in [1.82, 2.24) is 0 Å². The van der Waals surface area contributed by atoms with Crippen LogP contribution in [0.25, 0.3) is 0 Å². The summed E-state index contributed by atoms with van der Waals surface area (Å²) >= 11 is 0. The predicted molar refractivity (Wildman–Crippen MR) is 67.1 cm³/mol. The molecule has 2 heteroatoms. The van der Waals surface area contributed by atoms with Crippen molar-refractivity contribution >= 4 is 0 Å². The summed E-state index contributed by atoms with van der Waals surface area (Å²) in [6, 6.07) is 6.18. The standard InChI is InChI=1S/C14H22O2/c1-11(2)10-15-8-9-16-14-12(3)6-5-7-13(14)4/h5-7,11H,8-10H2,1-4H3. The zero-order valence-corrected chi connectivity index (χ0v) is 10.7. The molecule has 1 rings (SSSR count). The summed E-state index contributed by atoms with van der Waals surface area (Å²) in [5.41, 5.74) is 2.37. The Bertz CT molecular complexity index is 298. The molecule has 0 amide bonds. The maximum absolute atomic E-state index is 5.72. The lowest BCUT2D eigenvalue weighted by molar-refractivity contribution is 0.0815. The van der Waals surface area contributed by atoms with Crippen molar-refractivity contribution in [2.45, 2.75) is 27.7 Å². The number of hydrogen-bond acceptors (Lipinski definition) is 2. The van der Waals surface area contributed by atoms with Crippen LogP contribution < -0.4 is 4.74 Å². The summed E-state index contributed by atoms with van der Waals surface area (Å²) in [7, 11) is 0. The highest BCUT2D eigenvalue weighted by atomic mass is 16.5. The van der Waals surface area contributed by atoms with Gasteiger partial charge in [0.05, 0.1) is 6.61 Å². The number of hydrogen-bond donors (Lipinski definition) is 0. The number of rotatable bonds is 6. The Labute approximate surface area is 98.6 Å². The third-order valence-electron chi connectivity index (χ3n) is 2.33. The first-order valence-corrected chi connectivity index (χ1v) is 5.88. The van der Waals surface area contributed by atoms with Gasteiger partial charge >= 0.3 is 0 Å². The van der Waals surface area contributed by atoms with Crippen LogP contribution in [-0.2, 0) is 4.74 Å². The molecule has 1 aromatic rings. The van der Waals surface area contributed by atoms with Crippen LogP contribution >= 0.6 is 0 Å². The van der Waals surface area contributed by atoms with Crippen LogP contribution in [0.15, 0.2) is 18.2 Å². The number of ether oxygens (including phenoxy) is 2. The molecule has 0 aliphatic carbocycles. The lowest BCUT2D eigenvalue weighted by Crippen LogP contribution is -2.11. The van der Waals surface area contributed by atoms with Gasteiger partial charge in [0.15, 0.2) is 0 Å². The Kier molecular flexibility index (Phi) is 5.33. The third kappa shape index (κ3) is 4.23. The molecule has 0 N–H and O–H groups in total. The molecule has 0 heterocycles. The van der Waals surface area contributed by atoms with E-state index in [1.165, 1.54) is 11.1 Å². The number of benzene rings is 1. The van der Waals surface area contributed by atoms with E-state index in [0.29, 0.717) is 19.1 Å². The first-order valence-electron chi connectivity index (χ1n) is 5.88. The second kappa shape index (κ2) is 6.54. The van der Waals surface area contributed by atoms with Gasteiger partial charge in [-0.1, -0.05) is 32.0 Å². The highest BCUT2D eigenvalue weighted by molar-refractivity contribution is 5.39. The van der Waals surface area contributed by atoms with Crippen LogP contribution in [0.5, 0.6) is 5.75 Å². The molecule has 0 atom stereocenters. The van der Waals surface area contributed by atoms with Crippen molar-refractivity contribution in [2.24, 2.45) is 5.92 Å². The molecule has 0 bridgehead atoms. The quantitative estimate of drug-likeness (QED) is 0.687. The number of para-hydroxylation sites is 1. The van der Waals surface area contributed by atoms with E-state index in [0.717, 1.165) is 12.4 Å². The van der Waals surface area contributed by atoms with E-state index < -0.39 is 0 Å². The minimum Gasteiger partial charge on any atom is -0.491 e. The van der Waals surface area contributed by atoms with Crippen molar-refractivity contribution in [2.75, 3.05) is 19.8 Å². The maximum atomic E-state index is 5.72. The van der Waals surface area contributed by atoms with Crippen LogP contribution in [-0.4, -0.2) is 19.8 Å². The van der Waals surface area contributed by atoms with Crippen molar-refractivity contribution in [3.8, 4) is 5.75 Å². The summed E-state index contributed by atoms with van der Waals surface area (Å²) < 4.78 is 11.2.